The fraction of sp³-hybridized carbons (Fsp3) is 0.273. The minimum absolute atomic E-state index is 0.0202. The molecule has 0 saturated carbocycles. The van der Waals surface area contributed by atoms with Crippen molar-refractivity contribution in [2.24, 2.45) is 0 Å². The highest BCUT2D eigenvalue weighted by atomic mass is 35.5. The number of methoxy groups -OCH3 is 2. The fourth-order valence-electron chi connectivity index (χ4n) is 3.00. The van der Waals surface area contributed by atoms with E-state index in [-0.39, 0.29) is 12.1 Å². The van der Waals surface area contributed by atoms with E-state index in [9.17, 15) is 4.79 Å². The molecule has 0 fully saturated rings. The van der Waals surface area contributed by atoms with Gasteiger partial charge in [0.1, 0.15) is 16.5 Å². The van der Waals surface area contributed by atoms with Crippen LogP contribution in [0.3, 0.4) is 0 Å². The van der Waals surface area contributed by atoms with Gasteiger partial charge in [-0.15, -0.1) is 11.3 Å². The molecule has 0 radical (unpaired) electrons. The zero-order chi connectivity index (χ0) is 21.7. The Balaban J connectivity index is 1.81. The summed E-state index contributed by atoms with van der Waals surface area (Å²) in [6.07, 6.45) is 1.79. The van der Waals surface area contributed by atoms with Gasteiger partial charge in [-0.05, 0) is 31.5 Å². The Morgan fingerprint density at radius 2 is 1.97 bits per heavy atom. The highest BCUT2D eigenvalue weighted by Gasteiger charge is 2.20. The first-order chi connectivity index (χ1) is 14.4. The Morgan fingerprint density at radius 3 is 2.60 bits per heavy atom. The van der Waals surface area contributed by atoms with Crippen LogP contribution in [0.25, 0.3) is 10.6 Å². The summed E-state index contributed by atoms with van der Waals surface area (Å²) in [5.41, 5.74) is 2.54. The number of benzene rings is 2. The minimum Gasteiger partial charge on any atom is -0.495 e. The van der Waals surface area contributed by atoms with Crippen LogP contribution in [-0.2, 0) is 6.54 Å². The van der Waals surface area contributed by atoms with Crippen LogP contribution in [0, 0.1) is 0 Å². The van der Waals surface area contributed by atoms with Crippen molar-refractivity contribution in [3.63, 3.8) is 0 Å². The minimum atomic E-state index is -0.246. The maximum absolute atomic E-state index is 13.1. The maximum atomic E-state index is 13.1. The molecule has 1 heterocycles. The third-order valence-electron chi connectivity index (χ3n) is 4.56. The van der Waals surface area contributed by atoms with Gasteiger partial charge in [-0.1, -0.05) is 29.8 Å². The molecule has 0 unspecified atom stereocenters. The van der Waals surface area contributed by atoms with E-state index in [0.717, 1.165) is 16.1 Å². The first-order valence-electron chi connectivity index (χ1n) is 9.41. The van der Waals surface area contributed by atoms with Crippen LogP contribution >= 0.6 is 22.9 Å². The molecular weight excluding hydrogens is 422 g/mol. The van der Waals surface area contributed by atoms with Crippen molar-refractivity contribution in [2.45, 2.75) is 26.4 Å². The van der Waals surface area contributed by atoms with E-state index < -0.39 is 0 Å². The van der Waals surface area contributed by atoms with Crippen LogP contribution in [0.15, 0.2) is 48.0 Å². The van der Waals surface area contributed by atoms with Gasteiger partial charge < -0.3 is 19.7 Å². The number of nitrogens with one attached hydrogen (secondary N) is 1. The second-order valence-corrected chi connectivity index (χ2v) is 8.18. The predicted octanol–water partition coefficient (Wildman–Crippen LogP) is 5.92. The Kier molecular flexibility index (Phi) is 7.18. The molecule has 1 aromatic heterocycles. The van der Waals surface area contributed by atoms with Gasteiger partial charge in [0.2, 0.25) is 0 Å². The molecule has 158 valence electrons. The predicted molar refractivity (Wildman–Crippen MR) is 122 cm³/mol. The molecule has 6 nitrogen and oxygen atoms in total. The molecule has 8 heteroatoms. The molecule has 0 aliphatic rings. The van der Waals surface area contributed by atoms with E-state index in [2.05, 4.69) is 16.4 Å². The third kappa shape index (κ3) is 5.04. The maximum Gasteiger partial charge on any atom is 0.322 e. The Bertz CT molecular complexity index is 1010. The largest absolute Gasteiger partial charge is 0.495 e. The molecule has 30 heavy (non-hydrogen) atoms. The summed E-state index contributed by atoms with van der Waals surface area (Å²) in [5, 5.41) is 6.20. The number of carbonyl (C=O) groups is 1. The zero-order valence-electron chi connectivity index (χ0n) is 17.3. The topological polar surface area (TPSA) is 63.7 Å². The molecule has 3 aromatic rings. The number of hydrogen-bond acceptors (Lipinski definition) is 5. The summed E-state index contributed by atoms with van der Waals surface area (Å²) in [6, 6.07) is 11.1. The van der Waals surface area contributed by atoms with Gasteiger partial charge in [-0.25, -0.2) is 9.78 Å². The van der Waals surface area contributed by atoms with Gasteiger partial charge in [0, 0.05) is 35.8 Å². The normalized spacial score (nSPS) is 10.7. The van der Waals surface area contributed by atoms with Crippen LogP contribution in [0.4, 0.5) is 10.5 Å². The number of thiazole rings is 1. The summed E-state index contributed by atoms with van der Waals surface area (Å²) in [6.45, 7) is 4.40. The molecule has 3 rings (SSSR count). The number of halogens is 1. The van der Waals surface area contributed by atoms with Crippen molar-refractivity contribution in [1.29, 1.82) is 0 Å². The lowest BCUT2D eigenvalue weighted by molar-refractivity contribution is 0.193. The first-order valence-corrected chi connectivity index (χ1v) is 10.7. The van der Waals surface area contributed by atoms with Crippen molar-refractivity contribution >= 4 is 34.7 Å². The molecule has 0 bridgehead atoms. The molecule has 0 atom stereocenters. The number of urea groups is 1. The molecule has 2 amide bonds. The molecule has 0 spiro atoms. The Hall–Kier alpha value is -2.77. The zero-order valence-corrected chi connectivity index (χ0v) is 18.9. The van der Waals surface area contributed by atoms with Crippen molar-refractivity contribution in [2.75, 3.05) is 19.5 Å². The van der Waals surface area contributed by atoms with E-state index in [1.54, 1.807) is 34.6 Å². The summed E-state index contributed by atoms with van der Waals surface area (Å²) in [7, 11) is 3.06. The number of hydrogen-bond donors (Lipinski definition) is 1. The van der Waals surface area contributed by atoms with E-state index in [4.69, 9.17) is 21.1 Å². The second kappa shape index (κ2) is 9.82. The number of ether oxygens (including phenoxy) is 2. The van der Waals surface area contributed by atoms with Crippen molar-refractivity contribution in [3.05, 3.63) is 58.6 Å². The molecule has 0 aliphatic heterocycles. The summed E-state index contributed by atoms with van der Waals surface area (Å²) in [4.78, 5) is 19.2. The van der Waals surface area contributed by atoms with E-state index in [1.807, 2.05) is 37.4 Å². The average molecular weight is 446 g/mol. The van der Waals surface area contributed by atoms with Crippen LogP contribution < -0.4 is 14.8 Å². The SMILES string of the molecule is COc1cc(OC)c(NC(=O)N(Cc2cccc(-c3nccs3)c2)C(C)C)cc1Cl. The molecule has 1 N–H and O–H groups in total. The number of aromatic nitrogens is 1. The molecule has 0 saturated heterocycles. The third-order valence-corrected chi connectivity index (χ3v) is 5.68. The van der Waals surface area contributed by atoms with Gasteiger partial charge in [-0.3, -0.25) is 0 Å². The standard InChI is InChI=1S/C22H24ClN3O3S/c1-14(2)26(13-15-6-5-7-16(10-15)21-24-8-9-30-21)22(27)25-18-11-17(23)19(28-3)12-20(18)29-4/h5-12,14H,13H2,1-4H3,(H,25,27). The first kappa shape index (κ1) is 21.9. The van der Waals surface area contributed by atoms with Gasteiger partial charge in [-0.2, -0.15) is 0 Å². The van der Waals surface area contributed by atoms with Gasteiger partial charge in [0.15, 0.2) is 0 Å². The molecule has 0 aliphatic carbocycles. The van der Waals surface area contributed by atoms with E-state index in [0.29, 0.717) is 28.8 Å². The second-order valence-electron chi connectivity index (χ2n) is 6.88. The number of nitrogens with zero attached hydrogens (tertiary/aromatic N) is 2. The summed E-state index contributed by atoms with van der Waals surface area (Å²) < 4.78 is 10.6. The van der Waals surface area contributed by atoms with Gasteiger partial charge in [0.25, 0.3) is 0 Å². The van der Waals surface area contributed by atoms with Crippen LogP contribution in [0.2, 0.25) is 5.02 Å². The number of rotatable bonds is 7. The van der Waals surface area contributed by atoms with Crippen molar-refractivity contribution in [3.8, 4) is 22.1 Å². The van der Waals surface area contributed by atoms with E-state index >= 15 is 0 Å². The lowest BCUT2D eigenvalue weighted by atomic mass is 10.1. The van der Waals surface area contributed by atoms with E-state index in [1.165, 1.54) is 14.2 Å². The molecule has 2 aromatic carbocycles. The Labute approximate surface area is 185 Å². The van der Waals surface area contributed by atoms with Crippen LogP contribution in [0.1, 0.15) is 19.4 Å². The van der Waals surface area contributed by atoms with Gasteiger partial charge >= 0.3 is 6.03 Å². The average Bonchev–Trinajstić information content (AvgIpc) is 3.27. The highest BCUT2D eigenvalue weighted by Crippen LogP contribution is 2.36. The summed E-state index contributed by atoms with van der Waals surface area (Å²) in [5.74, 6) is 0.949. The monoisotopic (exact) mass is 445 g/mol. The van der Waals surface area contributed by atoms with Crippen LogP contribution in [0.5, 0.6) is 11.5 Å². The number of carbonyl (C=O) groups excluding carboxylic acids is 1. The number of anilines is 1. The Morgan fingerprint density at radius 1 is 1.20 bits per heavy atom. The fourth-order valence-corrected chi connectivity index (χ4v) is 3.88. The lowest BCUT2D eigenvalue weighted by Crippen LogP contribution is -2.39. The molecular formula is C22H24ClN3O3S. The van der Waals surface area contributed by atoms with Gasteiger partial charge in [0.05, 0.1) is 24.9 Å². The smallest absolute Gasteiger partial charge is 0.322 e. The van der Waals surface area contributed by atoms with Crippen molar-refractivity contribution < 1.29 is 14.3 Å². The van der Waals surface area contributed by atoms with Crippen molar-refractivity contribution in [1.82, 2.24) is 9.88 Å². The van der Waals surface area contributed by atoms with Crippen LogP contribution in [-0.4, -0.2) is 36.2 Å². The lowest BCUT2D eigenvalue weighted by Gasteiger charge is -2.27. The quantitative estimate of drug-likeness (QED) is 0.490. The highest BCUT2D eigenvalue weighted by molar-refractivity contribution is 7.13. The number of amides is 2. The summed E-state index contributed by atoms with van der Waals surface area (Å²) >= 11 is 7.82.